The molecule has 3 rings (SSSR count). The van der Waals surface area contributed by atoms with Crippen molar-refractivity contribution < 1.29 is 9.59 Å². The largest absolute Gasteiger partial charge is 0.296 e. The number of carbonyl (C=O) groups is 2. The van der Waals surface area contributed by atoms with Gasteiger partial charge in [-0.1, -0.05) is 49.6 Å². The van der Waals surface area contributed by atoms with Crippen molar-refractivity contribution in [3.8, 4) is 0 Å². The Labute approximate surface area is 130 Å². The van der Waals surface area contributed by atoms with Gasteiger partial charge in [0.1, 0.15) is 0 Å². The van der Waals surface area contributed by atoms with Crippen LogP contribution in [-0.4, -0.2) is 11.8 Å². The van der Waals surface area contributed by atoms with Crippen LogP contribution in [0.3, 0.4) is 0 Å². The maximum absolute atomic E-state index is 12.6. The summed E-state index contributed by atoms with van der Waals surface area (Å²) in [5.74, 6) is -0.214. The highest BCUT2D eigenvalue weighted by Crippen LogP contribution is 2.58. The molecule has 1 N–H and O–H groups in total. The number of benzene rings is 1. The summed E-state index contributed by atoms with van der Waals surface area (Å²) >= 11 is 6.35. The van der Waals surface area contributed by atoms with E-state index < -0.39 is 0 Å². The van der Waals surface area contributed by atoms with Gasteiger partial charge in [-0.15, -0.1) is 0 Å². The predicted molar refractivity (Wildman–Crippen MR) is 82.0 cm³/mol. The first-order chi connectivity index (χ1) is 10.1. The summed E-state index contributed by atoms with van der Waals surface area (Å²) in [7, 11) is 0. The summed E-state index contributed by atoms with van der Waals surface area (Å²) in [5.41, 5.74) is 0.614. The number of amides is 2. The molecular formula is C17H20ClNO2. The zero-order valence-corrected chi connectivity index (χ0v) is 13.0. The van der Waals surface area contributed by atoms with Gasteiger partial charge in [0.05, 0.1) is 5.92 Å². The molecule has 3 atom stereocenters. The summed E-state index contributed by atoms with van der Waals surface area (Å²) in [4.78, 5) is 24.6. The molecule has 1 aliphatic heterocycles. The Kier molecular flexibility index (Phi) is 3.78. The number of rotatable bonds is 2. The van der Waals surface area contributed by atoms with E-state index in [4.69, 9.17) is 11.6 Å². The predicted octanol–water partition coefficient (Wildman–Crippen LogP) is 3.67. The first-order valence-corrected chi connectivity index (χ1v) is 8.04. The van der Waals surface area contributed by atoms with Gasteiger partial charge in [0.25, 0.3) is 0 Å². The van der Waals surface area contributed by atoms with Crippen molar-refractivity contribution in [2.75, 3.05) is 0 Å². The molecule has 0 aromatic heterocycles. The monoisotopic (exact) mass is 305 g/mol. The normalized spacial score (nSPS) is 32.5. The van der Waals surface area contributed by atoms with E-state index in [9.17, 15) is 9.59 Å². The number of carbonyl (C=O) groups excluding carboxylic acids is 2. The maximum Gasteiger partial charge on any atom is 0.234 e. The molecule has 0 bridgehead atoms. The first kappa shape index (κ1) is 14.6. The summed E-state index contributed by atoms with van der Waals surface area (Å²) in [6, 6.07) is 7.53. The Balaban J connectivity index is 2.12. The van der Waals surface area contributed by atoms with Gasteiger partial charge >= 0.3 is 0 Å². The molecule has 112 valence electrons. The quantitative estimate of drug-likeness (QED) is 0.847. The van der Waals surface area contributed by atoms with Crippen molar-refractivity contribution in [2.45, 2.75) is 44.9 Å². The number of nitrogens with one attached hydrogen (secondary N) is 1. The van der Waals surface area contributed by atoms with Crippen molar-refractivity contribution >= 4 is 23.4 Å². The Morgan fingerprint density at radius 1 is 1.33 bits per heavy atom. The summed E-state index contributed by atoms with van der Waals surface area (Å²) in [5, 5.41) is 3.13. The first-order valence-electron chi connectivity index (χ1n) is 7.66. The van der Waals surface area contributed by atoms with Crippen LogP contribution in [-0.2, 0) is 9.59 Å². The van der Waals surface area contributed by atoms with Crippen LogP contribution < -0.4 is 5.32 Å². The van der Waals surface area contributed by atoms with Crippen molar-refractivity contribution in [1.82, 2.24) is 5.32 Å². The smallest absolute Gasteiger partial charge is 0.234 e. The second-order valence-electron chi connectivity index (χ2n) is 6.27. The third-order valence-corrected chi connectivity index (χ3v) is 5.65. The highest BCUT2D eigenvalue weighted by Gasteiger charge is 2.55. The fourth-order valence-electron chi connectivity index (χ4n) is 4.47. The molecule has 1 saturated carbocycles. The van der Waals surface area contributed by atoms with Crippen LogP contribution in [0, 0.1) is 11.3 Å². The van der Waals surface area contributed by atoms with E-state index in [0.717, 1.165) is 31.2 Å². The zero-order valence-electron chi connectivity index (χ0n) is 12.2. The molecule has 4 heteroatoms. The minimum absolute atomic E-state index is 0.136. The van der Waals surface area contributed by atoms with Gasteiger partial charge < -0.3 is 0 Å². The highest BCUT2D eigenvalue weighted by atomic mass is 35.5. The molecule has 1 aromatic carbocycles. The lowest BCUT2D eigenvalue weighted by molar-refractivity contribution is -0.141. The molecule has 1 aromatic rings. The van der Waals surface area contributed by atoms with Crippen LogP contribution in [0.5, 0.6) is 0 Å². The van der Waals surface area contributed by atoms with E-state index in [1.165, 1.54) is 0 Å². The number of hydrogen-bond acceptors (Lipinski definition) is 2. The molecule has 2 aliphatic rings. The summed E-state index contributed by atoms with van der Waals surface area (Å²) < 4.78 is 0. The van der Waals surface area contributed by atoms with Crippen LogP contribution in [0.4, 0.5) is 0 Å². The standard InChI is InChI=1S/C17H20ClNO2/c1-2-11-6-5-9-17(11)10-14(20)19-16(21)15(17)12-7-3-4-8-13(12)18/h3-4,7-8,11,15H,2,5-6,9-10H2,1H3,(H,19,20,21). The Hall–Kier alpha value is -1.35. The lowest BCUT2D eigenvalue weighted by Crippen LogP contribution is -2.52. The second-order valence-corrected chi connectivity index (χ2v) is 6.68. The molecule has 1 spiro atoms. The van der Waals surface area contributed by atoms with E-state index in [2.05, 4.69) is 12.2 Å². The number of piperidine rings is 1. The lowest BCUT2D eigenvalue weighted by Gasteiger charge is -2.44. The molecule has 2 amide bonds. The Morgan fingerprint density at radius 2 is 2.10 bits per heavy atom. The SMILES string of the molecule is CCC1CCCC12CC(=O)NC(=O)C2c1ccccc1Cl. The van der Waals surface area contributed by atoms with E-state index in [0.29, 0.717) is 17.4 Å². The average molecular weight is 306 g/mol. The molecule has 3 nitrogen and oxygen atoms in total. The van der Waals surface area contributed by atoms with Gasteiger partial charge in [-0.3, -0.25) is 14.9 Å². The third kappa shape index (κ3) is 2.28. The molecular weight excluding hydrogens is 286 g/mol. The van der Waals surface area contributed by atoms with E-state index in [-0.39, 0.29) is 23.1 Å². The van der Waals surface area contributed by atoms with Gasteiger partial charge in [0.2, 0.25) is 11.8 Å². The van der Waals surface area contributed by atoms with Crippen molar-refractivity contribution in [3.63, 3.8) is 0 Å². The van der Waals surface area contributed by atoms with Crippen molar-refractivity contribution in [2.24, 2.45) is 11.3 Å². The van der Waals surface area contributed by atoms with E-state index in [1.807, 2.05) is 24.3 Å². The molecule has 1 aliphatic carbocycles. The van der Waals surface area contributed by atoms with Crippen molar-refractivity contribution in [3.05, 3.63) is 34.9 Å². The van der Waals surface area contributed by atoms with Gasteiger partial charge in [-0.2, -0.15) is 0 Å². The molecule has 21 heavy (non-hydrogen) atoms. The van der Waals surface area contributed by atoms with E-state index >= 15 is 0 Å². The molecule has 0 radical (unpaired) electrons. The number of halogens is 1. The van der Waals surface area contributed by atoms with Gasteiger partial charge in [0, 0.05) is 11.4 Å². The Morgan fingerprint density at radius 3 is 2.81 bits per heavy atom. The van der Waals surface area contributed by atoms with Crippen molar-refractivity contribution in [1.29, 1.82) is 0 Å². The van der Waals surface area contributed by atoms with Crippen LogP contribution in [0.25, 0.3) is 0 Å². The van der Waals surface area contributed by atoms with Crippen LogP contribution in [0.15, 0.2) is 24.3 Å². The molecule has 1 heterocycles. The summed E-state index contributed by atoms with van der Waals surface area (Å²) in [6.07, 6.45) is 4.55. The zero-order chi connectivity index (χ0) is 15.0. The maximum atomic E-state index is 12.6. The number of imide groups is 1. The molecule has 3 unspecified atom stereocenters. The van der Waals surface area contributed by atoms with Crippen LogP contribution in [0.1, 0.15) is 50.5 Å². The topological polar surface area (TPSA) is 46.2 Å². The number of hydrogen-bond donors (Lipinski definition) is 1. The van der Waals surface area contributed by atoms with Crippen LogP contribution in [0.2, 0.25) is 5.02 Å². The Bertz CT molecular complexity index is 586. The minimum Gasteiger partial charge on any atom is -0.296 e. The fourth-order valence-corrected chi connectivity index (χ4v) is 4.71. The fraction of sp³-hybridized carbons (Fsp3) is 0.529. The lowest BCUT2D eigenvalue weighted by atomic mass is 9.61. The second kappa shape index (κ2) is 5.45. The molecule has 2 fully saturated rings. The van der Waals surface area contributed by atoms with Gasteiger partial charge in [0.15, 0.2) is 0 Å². The van der Waals surface area contributed by atoms with E-state index in [1.54, 1.807) is 0 Å². The minimum atomic E-state index is -0.309. The van der Waals surface area contributed by atoms with Crippen LogP contribution >= 0.6 is 11.6 Å². The average Bonchev–Trinajstić information content (AvgIpc) is 2.82. The molecule has 1 saturated heterocycles. The summed E-state index contributed by atoms with van der Waals surface area (Å²) in [6.45, 7) is 2.15. The third-order valence-electron chi connectivity index (χ3n) is 5.31. The van der Waals surface area contributed by atoms with Gasteiger partial charge in [-0.25, -0.2) is 0 Å². The van der Waals surface area contributed by atoms with Gasteiger partial charge in [-0.05, 0) is 35.8 Å². The highest BCUT2D eigenvalue weighted by molar-refractivity contribution is 6.31.